The van der Waals surface area contributed by atoms with Crippen molar-refractivity contribution < 1.29 is 27.7 Å². The first-order chi connectivity index (χ1) is 9.69. The van der Waals surface area contributed by atoms with E-state index in [1.54, 1.807) is 7.11 Å². The van der Waals surface area contributed by atoms with Crippen molar-refractivity contribution in [2.75, 3.05) is 26.9 Å². The van der Waals surface area contributed by atoms with E-state index in [0.717, 1.165) is 11.3 Å². The van der Waals surface area contributed by atoms with E-state index in [1.807, 2.05) is 24.3 Å². The molecule has 2 unspecified atom stereocenters. The SMILES string of the molecule is COc1ccc(C2OCCC(COCC(F)F)O2)cc1. The van der Waals surface area contributed by atoms with Crippen molar-refractivity contribution in [1.82, 2.24) is 0 Å². The zero-order chi connectivity index (χ0) is 14.4. The van der Waals surface area contributed by atoms with Crippen LogP contribution in [0.3, 0.4) is 0 Å². The van der Waals surface area contributed by atoms with E-state index in [1.165, 1.54) is 0 Å². The second kappa shape index (κ2) is 7.52. The zero-order valence-electron chi connectivity index (χ0n) is 11.3. The Kier molecular flexibility index (Phi) is 5.70. The van der Waals surface area contributed by atoms with E-state index >= 15 is 0 Å². The molecule has 0 spiro atoms. The molecule has 1 saturated heterocycles. The molecule has 2 rings (SSSR count). The van der Waals surface area contributed by atoms with Gasteiger partial charge in [-0.05, 0) is 18.6 Å². The van der Waals surface area contributed by atoms with E-state index in [4.69, 9.17) is 18.9 Å². The average Bonchev–Trinajstić information content (AvgIpc) is 2.47. The van der Waals surface area contributed by atoms with Gasteiger partial charge >= 0.3 is 0 Å². The Labute approximate surface area is 116 Å². The smallest absolute Gasteiger partial charge is 0.261 e. The highest BCUT2D eigenvalue weighted by Crippen LogP contribution is 2.27. The van der Waals surface area contributed by atoms with Crippen LogP contribution in [-0.2, 0) is 14.2 Å². The second-order valence-electron chi connectivity index (χ2n) is 4.45. The van der Waals surface area contributed by atoms with Crippen molar-refractivity contribution in [2.45, 2.75) is 25.2 Å². The second-order valence-corrected chi connectivity index (χ2v) is 4.45. The van der Waals surface area contributed by atoms with E-state index in [9.17, 15) is 8.78 Å². The molecule has 6 heteroatoms. The Bertz CT molecular complexity index is 397. The summed E-state index contributed by atoms with van der Waals surface area (Å²) in [7, 11) is 1.60. The largest absolute Gasteiger partial charge is 0.497 e. The molecule has 0 radical (unpaired) electrons. The molecule has 0 N–H and O–H groups in total. The summed E-state index contributed by atoms with van der Waals surface area (Å²) in [4.78, 5) is 0. The van der Waals surface area contributed by atoms with Gasteiger partial charge in [-0.25, -0.2) is 8.78 Å². The standard InChI is InChI=1S/C14H18F2O4/c1-17-11-4-2-10(3-5-11)14-19-7-6-12(20-14)8-18-9-13(15)16/h2-5,12-14H,6-9H2,1H3. The predicted molar refractivity (Wildman–Crippen MR) is 68.0 cm³/mol. The minimum atomic E-state index is -2.45. The number of alkyl halides is 2. The van der Waals surface area contributed by atoms with Crippen LogP contribution in [0.1, 0.15) is 18.3 Å². The molecule has 0 bridgehead atoms. The fourth-order valence-electron chi connectivity index (χ4n) is 1.94. The predicted octanol–water partition coefficient (Wildman–Crippen LogP) is 2.78. The van der Waals surface area contributed by atoms with Gasteiger partial charge in [-0.2, -0.15) is 0 Å². The van der Waals surface area contributed by atoms with Gasteiger partial charge in [0.15, 0.2) is 6.29 Å². The van der Waals surface area contributed by atoms with Crippen LogP contribution in [0.4, 0.5) is 8.78 Å². The lowest BCUT2D eigenvalue weighted by atomic mass is 10.2. The maximum atomic E-state index is 12.0. The van der Waals surface area contributed by atoms with Gasteiger partial charge in [0.05, 0.1) is 26.4 Å². The van der Waals surface area contributed by atoms with Crippen LogP contribution < -0.4 is 4.74 Å². The lowest BCUT2D eigenvalue weighted by Crippen LogP contribution is -2.31. The lowest BCUT2D eigenvalue weighted by Gasteiger charge is -2.30. The van der Waals surface area contributed by atoms with Crippen LogP contribution in [-0.4, -0.2) is 39.5 Å². The van der Waals surface area contributed by atoms with Crippen molar-refractivity contribution in [2.24, 2.45) is 0 Å². The summed E-state index contributed by atoms with van der Waals surface area (Å²) in [6.07, 6.45) is -2.53. The van der Waals surface area contributed by atoms with Crippen LogP contribution >= 0.6 is 0 Å². The minimum absolute atomic E-state index is 0.153. The van der Waals surface area contributed by atoms with Crippen LogP contribution in [0, 0.1) is 0 Å². The minimum Gasteiger partial charge on any atom is -0.497 e. The number of rotatable bonds is 6. The summed E-state index contributed by atoms with van der Waals surface area (Å²) >= 11 is 0. The third kappa shape index (κ3) is 4.40. The molecular weight excluding hydrogens is 270 g/mol. The average molecular weight is 288 g/mol. The summed E-state index contributed by atoms with van der Waals surface area (Å²) in [6.45, 7) is 0.105. The topological polar surface area (TPSA) is 36.9 Å². The van der Waals surface area contributed by atoms with Crippen molar-refractivity contribution in [1.29, 1.82) is 0 Å². The highest BCUT2D eigenvalue weighted by Gasteiger charge is 2.24. The summed E-state index contributed by atoms with van der Waals surface area (Å²) in [5.41, 5.74) is 0.865. The Morgan fingerprint density at radius 3 is 2.70 bits per heavy atom. The number of ether oxygens (including phenoxy) is 4. The van der Waals surface area contributed by atoms with E-state index < -0.39 is 19.3 Å². The number of hydrogen-bond donors (Lipinski definition) is 0. The Hall–Kier alpha value is -1.24. The van der Waals surface area contributed by atoms with Crippen molar-refractivity contribution in [3.63, 3.8) is 0 Å². The highest BCUT2D eigenvalue weighted by molar-refractivity contribution is 5.27. The van der Waals surface area contributed by atoms with Gasteiger partial charge in [0.2, 0.25) is 0 Å². The Morgan fingerprint density at radius 1 is 1.30 bits per heavy atom. The molecule has 1 aliphatic heterocycles. The number of hydrogen-bond acceptors (Lipinski definition) is 4. The third-order valence-electron chi connectivity index (χ3n) is 2.96. The monoisotopic (exact) mass is 288 g/mol. The van der Waals surface area contributed by atoms with Crippen molar-refractivity contribution >= 4 is 0 Å². The van der Waals surface area contributed by atoms with Crippen LogP contribution in [0.2, 0.25) is 0 Å². The number of benzene rings is 1. The molecule has 1 aliphatic rings. The summed E-state index contributed by atoms with van der Waals surface area (Å²) < 4.78 is 45.2. The highest BCUT2D eigenvalue weighted by atomic mass is 19.3. The molecule has 1 aromatic rings. The summed E-state index contributed by atoms with van der Waals surface area (Å²) in [6, 6.07) is 7.34. The van der Waals surface area contributed by atoms with Crippen LogP contribution in [0.5, 0.6) is 5.75 Å². The van der Waals surface area contributed by atoms with Crippen LogP contribution in [0.25, 0.3) is 0 Å². The van der Waals surface area contributed by atoms with Crippen molar-refractivity contribution in [3.05, 3.63) is 29.8 Å². The lowest BCUT2D eigenvalue weighted by molar-refractivity contribution is -0.228. The molecular formula is C14H18F2O4. The molecule has 20 heavy (non-hydrogen) atoms. The summed E-state index contributed by atoms with van der Waals surface area (Å²) in [5.74, 6) is 0.751. The van der Waals surface area contributed by atoms with Gasteiger partial charge in [0.1, 0.15) is 12.4 Å². The molecule has 112 valence electrons. The van der Waals surface area contributed by atoms with Gasteiger partial charge in [0.25, 0.3) is 6.43 Å². The molecule has 0 aromatic heterocycles. The molecule has 0 aliphatic carbocycles. The fourth-order valence-corrected chi connectivity index (χ4v) is 1.94. The molecule has 0 amide bonds. The first-order valence-electron chi connectivity index (χ1n) is 6.46. The van der Waals surface area contributed by atoms with Gasteiger partial charge in [-0.1, -0.05) is 12.1 Å². The molecule has 1 aromatic carbocycles. The van der Waals surface area contributed by atoms with E-state index in [-0.39, 0.29) is 12.7 Å². The van der Waals surface area contributed by atoms with Crippen molar-refractivity contribution in [3.8, 4) is 5.75 Å². The van der Waals surface area contributed by atoms with Gasteiger partial charge in [0, 0.05) is 5.56 Å². The quantitative estimate of drug-likeness (QED) is 0.806. The molecule has 4 nitrogen and oxygen atoms in total. The normalized spacial score (nSPS) is 23.0. The third-order valence-corrected chi connectivity index (χ3v) is 2.96. The van der Waals surface area contributed by atoms with Gasteiger partial charge in [-0.15, -0.1) is 0 Å². The zero-order valence-corrected chi connectivity index (χ0v) is 11.3. The van der Waals surface area contributed by atoms with Gasteiger partial charge < -0.3 is 18.9 Å². The summed E-state index contributed by atoms with van der Waals surface area (Å²) in [5, 5.41) is 0. The number of methoxy groups -OCH3 is 1. The van der Waals surface area contributed by atoms with Crippen LogP contribution in [0.15, 0.2) is 24.3 Å². The van der Waals surface area contributed by atoms with E-state index in [2.05, 4.69) is 0 Å². The Balaban J connectivity index is 1.85. The maximum Gasteiger partial charge on any atom is 0.261 e. The fraction of sp³-hybridized carbons (Fsp3) is 0.571. The first kappa shape index (κ1) is 15.2. The molecule has 0 saturated carbocycles. The molecule has 2 atom stereocenters. The Morgan fingerprint density at radius 2 is 2.05 bits per heavy atom. The van der Waals surface area contributed by atoms with E-state index in [0.29, 0.717) is 13.0 Å². The van der Waals surface area contributed by atoms with Gasteiger partial charge in [-0.3, -0.25) is 0 Å². The number of halogens is 2. The molecule has 1 fully saturated rings. The first-order valence-corrected chi connectivity index (χ1v) is 6.46. The maximum absolute atomic E-state index is 12.0. The molecule has 1 heterocycles.